The quantitative estimate of drug-likeness (QED) is 0.251. The average Bonchev–Trinajstić information content (AvgIpc) is 2.53. The largest absolute Gasteiger partial charge is 0.460 e. The highest BCUT2D eigenvalue weighted by atomic mass is 19.2. The maximum absolute atomic E-state index is 13.5. The van der Waals surface area contributed by atoms with E-state index in [1.807, 2.05) is 0 Å². The molecular formula is C17H19F5O4. The normalized spacial score (nSPS) is 13.9. The van der Waals surface area contributed by atoms with Crippen LogP contribution in [0.5, 0.6) is 5.75 Å². The summed E-state index contributed by atoms with van der Waals surface area (Å²) in [4.78, 5) is 23.8. The molecule has 0 aliphatic carbocycles. The Morgan fingerprint density at radius 1 is 0.808 bits per heavy atom. The van der Waals surface area contributed by atoms with Crippen molar-refractivity contribution in [3.8, 4) is 5.75 Å². The summed E-state index contributed by atoms with van der Waals surface area (Å²) >= 11 is 0. The van der Waals surface area contributed by atoms with Crippen LogP contribution in [0, 0.1) is 40.9 Å². The van der Waals surface area contributed by atoms with Crippen LogP contribution in [0.1, 0.15) is 41.0 Å². The average molecular weight is 382 g/mol. The van der Waals surface area contributed by atoms with Gasteiger partial charge < -0.3 is 9.47 Å². The van der Waals surface area contributed by atoms with E-state index in [-0.39, 0.29) is 6.42 Å². The Hall–Kier alpha value is -2.19. The number of hydrogen-bond acceptors (Lipinski definition) is 4. The molecule has 0 N–H and O–H groups in total. The van der Waals surface area contributed by atoms with E-state index < -0.39 is 64.2 Å². The van der Waals surface area contributed by atoms with E-state index in [2.05, 4.69) is 4.74 Å². The first kappa shape index (κ1) is 21.9. The third kappa shape index (κ3) is 5.15. The van der Waals surface area contributed by atoms with Gasteiger partial charge in [0.05, 0.1) is 11.8 Å². The molecule has 0 amide bonds. The highest BCUT2D eigenvalue weighted by Crippen LogP contribution is 2.30. The third-order valence-corrected chi connectivity index (χ3v) is 3.29. The Balaban J connectivity index is 2.88. The van der Waals surface area contributed by atoms with E-state index in [1.165, 1.54) is 13.8 Å². The van der Waals surface area contributed by atoms with Gasteiger partial charge in [-0.05, 0) is 27.2 Å². The van der Waals surface area contributed by atoms with Crippen molar-refractivity contribution < 1.29 is 41.0 Å². The molecule has 1 aromatic rings. The molecule has 0 aliphatic heterocycles. The van der Waals surface area contributed by atoms with Crippen LogP contribution in [0.2, 0.25) is 0 Å². The lowest BCUT2D eigenvalue weighted by atomic mass is 9.97. The maximum atomic E-state index is 13.5. The molecule has 0 fully saturated rings. The van der Waals surface area contributed by atoms with Crippen LogP contribution in [0.25, 0.3) is 0 Å². The van der Waals surface area contributed by atoms with Crippen LogP contribution in [0.15, 0.2) is 0 Å². The fourth-order valence-electron chi connectivity index (χ4n) is 2.00. The van der Waals surface area contributed by atoms with Gasteiger partial charge in [0.2, 0.25) is 34.8 Å². The zero-order chi connectivity index (χ0) is 20.4. The van der Waals surface area contributed by atoms with E-state index in [1.54, 1.807) is 20.8 Å². The van der Waals surface area contributed by atoms with E-state index in [0.29, 0.717) is 0 Å². The van der Waals surface area contributed by atoms with Gasteiger partial charge in [0.1, 0.15) is 5.60 Å². The molecule has 1 rings (SSSR count). The summed E-state index contributed by atoms with van der Waals surface area (Å²) in [6.07, 6.45) is -0.108. The lowest BCUT2D eigenvalue weighted by Crippen LogP contribution is -2.30. The molecule has 0 aromatic heterocycles. The van der Waals surface area contributed by atoms with E-state index in [0.717, 1.165) is 0 Å². The lowest BCUT2D eigenvalue weighted by molar-refractivity contribution is -0.160. The summed E-state index contributed by atoms with van der Waals surface area (Å²) in [5.74, 6) is -16.6. The van der Waals surface area contributed by atoms with Crippen molar-refractivity contribution in [2.75, 3.05) is 0 Å². The Kier molecular flexibility index (Phi) is 6.73. The Labute approximate surface area is 147 Å². The minimum atomic E-state index is -2.36. The highest BCUT2D eigenvalue weighted by molar-refractivity contribution is 5.77. The van der Waals surface area contributed by atoms with Crippen molar-refractivity contribution >= 4 is 11.9 Å². The Morgan fingerprint density at radius 3 is 1.62 bits per heavy atom. The minimum Gasteiger partial charge on any atom is -0.460 e. The molecule has 0 saturated carbocycles. The highest BCUT2D eigenvalue weighted by Gasteiger charge is 2.31. The van der Waals surface area contributed by atoms with Crippen LogP contribution in [-0.2, 0) is 14.3 Å². The molecule has 146 valence electrons. The molecule has 0 aliphatic rings. The van der Waals surface area contributed by atoms with Crippen molar-refractivity contribution in [2.24, 2.45) is 11.8 Å². The van der Waals surface area contributed by atoms with Crippen molar-refractivity contribution in [1.82, 2.24) is 0 Å². The number of hydrogen-bond donors (Lipinski definition) is 0. The lowest BCUT2D eigenvalue weighted by Gasteiger charge is -2.23. The third-order valence-electron chi connectivity index (χ3n) is 3.29. The van der Waals surface area contributed by atoms with Gasteiger partial charge in [-0.25, -0.2) is 13.2 Å². The standard InChI is InChI=1S/C17H19F5O4/c1-7(6-8(2)16(24)26-17(3,4)5)15(23)25-14-12(21)10(19)9(18)11(20)13(14)22/h7-8H,6H2,1-5H3. The number of carbonyl (C=O) groups excluding carboxylic acids is 2. The summed E-state index contributed by atoms with van der Waals surface area (Å²) in [5, 5.41) is 0. The van der Waals surface area contributed by atoms with Gasteiger partial charge in [-0.2, -0.15) is 8.78 Å². The van der Waals surface area contributed by atoms with Gasteiger partial charge in [0, 0.05) is 0 Å². The SMILES string of the molecule is CC(CC(C)C(=O)OC(C)(C)C)C(=O)Oc1c(F)c(F)c(F)c(F)c1F. The van der Waals surface area contributed by atoms with Crippen LogP contribution in [-0.4, -0.2) is 17.5 Å². The number of esters is 2. The number of rotatable bonds is 5. The summed E-state index contributed by atoms with van der Waals surface area (Å²) in [5.41, 5.74) is -0.746. The molecule has 0 heterocycles. The number of benzene rings is 1. The fraction of sp³-hybridized carbons (Fsp3) is 0.529. The van der Waals surface area contributed by atoms with E-state index >= 15 is 0 Å². The molecule has 0 bridgehead atoms. The molecule has 1 aromatic carbocycles. The van der Waals surface area contributed by atoms with Gasteiger partial charge in [-0.1, -0.05) is 13.8 Å². The molecule has 26 heavy (non-hydrogen) atoms. The minimum absolute atomic E-state index is 0.108. The van der Waals surface area contributed by atoms with Crippen LogP contribution in [0.3, 0.4) is 0 Å². The molecule has 9 heteroatoms. The van der Waals surface area contributed by atoms with E-state index in [9.17, 15) is 31.5 Å². The second-order valence-electron chi connectivity index (χ2n) is 6.89. The molecule has 2 atom stereocenters. The van der Waals surface area contributed by atoms with Gasteiger partial charge in [0.25, 0.3) is 0 Å². The number of ether oxygens (including phenoxy) is 2. The van der Waals surface area contributed by atoms with Crippen molar-refractivity contribution in [3.05, 3.63) is 29.1 Å². The van der Waals surface area contributed by atoms with Gasteiger partial charge in [-0.3, -0.25) is 9.59 Å². The van der Waals surface area contributed by atoms with Crippen LogP contribution < -0.4 is 4.74 Å². The molecule has 0 spiro atoms. The molecule has 4 nitrogen and oxygen atoms in total. The number of carbonyl (C=O) groups is 2. The Bertz CT molecular complexity index is 683. The van der Waals surface area contributed by atoms with Crippen molar-refractivity contribution in [2.45, 2.75) is 46.6 Å². The topological polar surface area (TPSA) is 52.6 Å². The zero-order valence-corrected chi connectivity index (χ0v) is 14.9. The summed E-state index contributed by atoms with van der Waals surface area (Å²) in [6.45, 7) is 7.71. The van der Waals surface area contributed by atoms with E-state index in [4.69, 9.17) is 4.74 Å². The molecular weight excluding hydrogens is 363 g/mol. The summed E-state index contributed by atoms with van der Waals surface area (Å²) in [7, 11) is 0. The smallest absolute Gasteiger partial charge is 0.314 e. The monoisotopic (exact) mass is 382 g/mol. The summed E-state index contributed by atoms with van der Waals surface area (Å²) < 4.78 is 75.7. The van der Waals surface area contributed by atoms with Crippen molar-refractivity contribution in [3.63, 3.8) is 0 Å². The van der Waals surface area contributed by atoms with Gasteiger partial charge in [0.15, 0.2) is 0 Å². The maximum Gasteiger partial charge on any atom is 0.314 e. The predicted molar refractivity (Wildman–Crippen MR) is 80.7 cm³/mol. The second kappa shape index (κ2) is 8.01. The first-order valence-corrected chi connectivity index (χ1v) is 7.72. The Morgan fingerprint density at radius 2 is 1.19 bits per heavy atom. The van der Waals surface area contributed by atoms with Crippen LogP contribution >= 0.6 is 0 Å². The zero-order valence-electron chi connectivity index (χ0n) is 14.9. The van der Waals surface area contributed by atoms with Gasteiger partial charge >= 0.3 is 11.9 Å². The fourth-order valence-corrected chi connectivity index (χ4v) is 2.00. The molecule has 2 unspecified atom stereocenters. The predicted octanol–water partition coefficient (Wildman–Crippen LogP) is 4.29. The molecule has 0 radical (unpaired) electrons. The molecule has 0 saturated heterocycles. The first-order valence-electron chi connectivity index (χ1n) is 7.72. The van der Waals surface area contributed by atoms with Crippen LogP contribution in [0.4, 0.5) is 22.0 Å². The van der Waals surface area contributed by atoms with Gasteiger partial charge in [-0.15, -0.1) is 0 Å². The first-order chi connectivity index (χ1) is 11.8. The number of halogens is 5. The van der Waals surface area contributed by atoms with Crippen molar-refractivity contribution in [1.29, 1.82) is 0 Å². The second-order valence-corrected chi connectivity index (χ2v) is 6.89. The summed E-state index contributed by atoms with van der Waals surface area (Å²) in [6, 6.07) is 0.